The molecule has 0 bridgehead atoms. The van der Waals surface area contributed by atoms with Gasteiger partial charge in [-0.25, -0.2) is 9.97 Å². The first-order valence-electron chi connectivity index (χ1n) is 5.10. The first-order chi connectivity index (χ1) is 7.74. The Kier molecular flexibility index (Phi) is 1.83. The summed E-state index contributed by atoms with van der Waals surface area (Å²) < 4.78 is 7.38. The number of hydrogen-bond acceptors (Lipinski definition) is 3. The van der Waals surface area contributed by atoms with Gasteiger partial charge in [0.1, 0.15) is 11.9 Å². The third kappa shape index (κ3) is 1.31. The van der Waals surface area contributed by atoms with Gasteiger partial charge in [-0.1, -0.05) is 0 Å². The second-order valence-electron chi connectivity index (χ2n) is 3.84. The normalized spacial score (nSPS) is 11.1. The highest BCUT2D eigenvalue weighted by Crippen LogP contribution is 2.20. The minimum absolute atomic E-state index is 0.639. The monoisotopic (exact) mass is 213 g/mol. The zero-order valence-electron chi connectivity index (χ0n) is 9.14. The molecule has 4 nitrogen and oxygen atoms in total. The maximum atomic E-state index is 5.36. The molecule has 0 saturated carbocycles. The summed E-state index contributed by atoms with van der Waals surface area (Å²) in [7, 11) is 0. The molecule has 16 heavy (non-hydrogen) atoms. The largest absolute Gasteiger partial charge is 0.444 e. The van der Waals surface area contributed by atoms with E-state index in [1.165, 1.54) is 0 Å². The Bertz CT molecular complexity index is 651. The van der Waals surface area contributed by atoms with Gasteiger partial charge in [-0.05, 0) is 26.0 Å². The van der Waals surface area contributed by atoms with Gasteiger partial charge in [0, 0.05) is 23.7 Å². The van der Waals surface area contributed by atoms with Crippen molar-refractivity contribution in [1.29, 1.82) is 0 Å². The molecule has 0 aromatic carbocycles. The van der Waals surface area contributed by atoms with Gasteiger partial charge in [-0.2, -0.15) is 0 Å². The van der Waals surface area contributed by atoms with Crippen LogP contribution >= 0.6 is 0 Å². The summed E-state index contributed by atoms with van der Waals surface area (Å²) in [6.45, 7) is 3.93. The zero-order valence-corrected chi connectivity index (χ0v) is 9.14. The molecule has 0 fully saturated rings. The van der Waals surface area contributed by atoms with Crippen LogP contribution in [0.5, 0.6) is 0 Å². The summed E-state index contributed by atoms with van der Waals surface area (Å²) in [6, 6.07) is 3.95. The van der Waals surface area contributed by atoms with Crippen molar-refractivity contribution in [2.75, 3.05) is 0 Å². The fraction of sp³-hybridized carbons (Fsp3) is 0.167. The van der Waals surface area contributed by atoms with Crippen LogP contribution in [-0.2, 0) is 0 Å². The molecule has 0 N–H and O–H groups in total. The van der Waals surface area contributed by atoms with Crippen molar-refractivity contribution in [2.45, 2.75) is 13.8 Å². The van der Waals surface area contributed by atoms with Crippen molar-refractivity contribution >= 4 is 5.65 Å². The van der Waals surface area contributed by atoms with Crippen LogP contribution in [0.2, 0.25) is 0 Å². The Morgan fingerprint density at radius 1 is 1.31 bits per heavy atom. The standard InChI is InChI=1S/C12H11N3O/c1-8-7-16-12(14-8)10-3-4-15-9(2)6-13-11(15)5-10/h3-7H,1-2H3. The average Bonchev–Trinajstić information content (AvgIpc) is 2.86. The van der Waals surface area contributed by atoms with Crippen molar-refractivity contribution in [1.82, 2.24) is 14.4 Å². The molecule has 0 aliphatic rings. The minimum Gasteiger partial charge on any atom is -0.444 e. The molecule has 4 heteroatoms. The van der Waals surface area contributed by atoms with Crippen LogP contribution in [0.1, 0.15) is 11.4 Å². The van der Waals surface area contributed by atoms with Crippen molar-refractivity contribution in [3.8, 4) is 11.5 Å². The van der Waals surface area contributed by atoms with Crippen LogP contribution in [0.15, 0.2) is 35.2 Å². The highest BCUT2D eigenvalue weighted by molar-refractivity contribution is 5.60. The third-order valence-corrected chi connectivity index (χ3v) is 2.56. The summed E-state index contributed by atoms with van der Waals surface area (Å²) >= 11 is 0. The van der Waals surface area contributed by atoms with Gasteiger partial charge >= 0.3 is 0 Å². The number of imidazole rings is 1. The molecule has 3 aromatic heterocycles. The second-order valence-corrected chi connectivity index (χ2v) is 3.84. The van der Waals surface area contributed by atoms with Crippen LogP contribution in [0, 0.1) is 13.8 Å². The highest BCUT2D eigenvalue weighted by Gasteiger charge is 2.06. The Balaban J connectivity index is 2.18. The molecule has 0 spiro atoms. The smallest absolute Gasteiger partial charge is 0.226 e. The van der Waals surface area contributed by atoms with E-state index in [-0.39, 0.29) is 0 Å². The molecule has 0 amide bonds. The van der Waals surface area contributed by atoms with E-state index in [1.807, 2.05) is 42.8 Å². The molecule has 80 valence electrons. The highest BCUT2D eigenvalue weighted by atomic mass is 16.3. The van der Waals surface area contributed by atoms with Gasteiger partial charge in [-0.3, -0.25) is 0 Å². The molecular formula is C12H11N3O. The second kappa shape index (κ2) is 3.20. The summed E-state index contributed by atoms with van der Waals surface area (Å²) in [6.07, 6.45) is 5.48. The van der Waals surface area contributed by atoms with E-state index in [2.05, 4.69) is 9.97 Å². The SMILES string of the molecule is Cc1coc(-c2ccn3c(C)cnc3c2)n1. The maximum Gasteiger partial charge on any atom is 0.226 e. The topological polar surface area (TPSA) is 43.3 Å². The van der Waals surface area contributed by atoms with Crippen molar-refractivity contribution in [3.05, 3.63) is 42.2 Å². The number of rotatable bonds is 1. The van der Waals surface area contributed by atoms with E-state index in [0.717, 1.165) is 22.6 Å². The minimum atomic E-state index is 0.639. The predicted octanol–water partition coefficient (Wildman–Crippen LogP) is 2.61. The van der Waals surface area contributed by atoms with Crippen molar-refractivity contribution < 1.29 is 4.42 Å². The molecule has 0 radical (unpaired) electrons. The van der Waals surface area contributed by atoms with Crippen LogP contribution in [0.25, 0.3) is 17.1 Å². The van der Waals surface area contributed by atoms with E-state index < -0.39 is 0 Å². The lowest BCUT2D eigenvalue weighted by atomic mass is 10.2. The van der Waals surface area contributed by atoms with Gasteiger partial charge in [0.15, 0.2) is 0 Å². The molecule has 0 unspecified atom stereocenters. The third-order valence-electron chi connectivity index (χ3n) is 2.56. The van der Waals surface area contributed by atoms with E-state index in [9.17, 15) is 0 Å². The van der Waals surface area contributed by atoms with E-state index in [1.54, 1.807) is 6.26 Å². The molecule has 0 aliphatic carbocycles. The lowest BCUT2D eigenvalue weighted by Crippen LogP contribution is -1.87. The number of pyridine rings is 1. The first kappa shape index (κ1) is 9.15. The molecule has 3 rings (SSSR count). The van der Waals surface area contributed by atoms with Gasteiger partial charge in [0.05, 0.1) is 5.69 Å². The average molecular weight is 213 g/mol. The van der Waals surface area contributed by atoms with Crippen LogP contribution in [0.3, 0.4) is 0 Å². The molecule has 3 heterocycles. The number of oxazole rings is 1. The fourth-order valence-electron chi connectivity index (χ4n) is 1.73. The molecule has 3 aromatic rings. The van der Waals surface area contributed by atoms with Crippen LogP contribution in [0.4, 0.5) is 0 Å². The Labute approximate surface area is 92.6 Å². The predicted molar refractivity (Wildman–Crippen MR) is 60.2 cm³/mol. The Morgan fingerprint density at radius 2 is 2.19 bits per heavy atom. The van der Waals surface area contributed by atoms with Crippen LogP contribution < -0.4 is 0 Å². The zero-order chi connectivity index (χ0) is 11.1. The number of aryl methyl sites for hydroxylation is 2. The summed E-state index contributed by atoms with van der Waals surface area (Å²) in [5.74, 6) is 0.639. The van der Waals surface area contributed by atoms with E-state index in [0.29, 0.717) is 5.89 Å². The van der Waals surface area contributed by atoms with Crippen molar-refractivity contribution in [3.63, 3.8) is 0 Å². The molecule has 0 aliphatic heterocycles. The van der Waals surface area contributed by atoms with Gasteiger partial charge in [0.2, 0.25) is 5.89 Å². The van der Waals surface area contributed by atoms with Gasteiger partial charge in [0.25, 0.3) is 0 Å². The summed E-state index contributed by atoms with van der Waals surface area (Å²) in [4.78, 5) is 8.60. The number of fused-ring (bicyclic) bond motifs is 1. The summed E-state index contributed by atoms with van der Waals surface area (Å²) in [5.41, 5.74) is 3.86. The molecule has 0 atom stereocenters. The fourth-order valence-corrected chi connectivity index (χ4v) is 1.73. The molecular weight excluding hydrogens is 202 g/mol. The quantitative estimate of drug-likeness (QED) is 0.624. The van der Waals surface area contributed by atoms with Gasteiger partial charge in [-0.15, -0.1) is 0 Å². The van der Waals surface area contributed by atoms with Crippen LogP contribution in [-0.4, -0.2) is 14.4 Å². The Morgan fingerprint density at radius 3 is 2.94 bits per heavy atom. The first-order valence-corrected chi connectivity index (χ1v) is 5.10. The van der Waals surface area contributed by atoms with Crippen molar-refractivity contribution in [2.24, 2.45) is 0 Å². The summed E-state index contributed by atoms with van der Waals surface area (Å²) in [5, 5.41) is 0. The van der Waals surface area contributed by atoms with E-state index >= 15 is 0 Å². The Hall–Kier alpha value is -2.10. The van der Waals surface area contributed by atoms with E-state index in [4.69, 9.17) is 4.42 Å². The number of nitrogens with zero attached hydrogens (tertiary/aromatic N) is 3. The van der Waals surface area contributed by atoms with Gasteiger partial charge < -0.3 is 8.82 Å². The molecule has 0 saturated heterocycles. The number of hydrogen-bond donors (Lipinski definition) is 0. The lowest BCUT2D eigenvalue weighted by molar-refractivity contribution is 0.573. The lowest BCUT2D eigenvalue weighted by Gasteiger charge is -1.98. The number of aromatic nitrogens is 3. The maximum absolute atomic E-state index is 5.36.